The monoisotopic (exact) mass is 713 g/mol. The number of rotatable bonds is 7. The van der Waals surface area contributed by atoms with Crippen LogP contribution in [0, 0.1) is 6.92 Å². The van der Waals surface area contributed by atoms with E-state index in [1.807, 2.05) is 0 Å². The van der Waals surface area contributed by atoms with Gasteiger partial charge in [-0.2, -0.15) is 0 Å². The van der Waals surface area contributed by atoms with Crippen LogP contribution in [0.25, 0.3) is 88.0 Å². The molecular weight excluding hydrogens is 675 g/mol. The van der Waals surface area contributed by atoms with Crippen molar-refractivity contribution >= 4 is 43.7 Å². The summed E-state index contributed by atoms with van der Waals surface area (Å²) in [6.45, 7) is 2.22. The van der Waals surface area contributed by atoms with Crippen LogP contribution in [0.2, 0.25) is 0 Å². The van der Waals surface area contributed by atoms with Crippen LogP contribution in [0.5, 0.6) is 0 Å². The molecule has 0 spiro atoms. The fourth-order valence-corrected chi connectivity index (χ4v) is 8.48. The van der Waals surface area contributed by atoms with Crippen molar-refractivity contribution < 1.29 is 0 Å². The van der Waals surface area contributed by atoms with Crippen LogP contribution in [-0.2, 0) is 0 Å². The maximum Gasteiger partial charge on any atom is 0.0550 e. The second kappa shape index (κ2) is 14.2. The molecule has 0 atom stereocenters. The molecule has 0 fully saturated rings. The summed E-state index contributed by atoms with van der Waals surface area (Å²) in [4.78, 5) is 0. The average Bonchev–Trinajstić information content (AvgIpc) is 3.27. The molecule has 0 aliphatic heterocycles. The van der Waals surface area contributed by atoms with Gasteiger partial charge in [-0.1, -0.05) is 194 Å². The summed E-state index contributed by atoms with van der Waals surface area (Å²) in [7, 11) is 0. The van der Waals surface area contributed by atoms with Gasteiger partial charge in [-0.15, -0.1) is 0 Å². The Morgan fingerprint density at radius 2 is 0.839 bits per heavy atom. The van der Waals surface area contributed by atoms with Crippen LogP contribution in [0.4, 0.5) is 11.4 Å². The first kappa shape index (κ1) is 33.4. The lowest BCUT2D eigenvalue weighted by Gasteiger charge is -2.20. The van der Waals surface area contributed by atoms with E-state index in [9.17, 15) is 0 Å². The number of anilines is 2. The second-order valence-electron chi connectivity index (χ2n) is 14.6. The Kier molecular flexibility index (Phi) is 8.46. The summed E-state index contributed by atoms with van der Waals surface area (Å²) >= 11 is 0. The van der Waals surface area contributed by atoms with E-state index in [4.69, 9.17) is 0 Å². The van der Waals surface area contributed by atoms with Crippen LogP contribution in [0.15, 0.2) is 212 Å². The topological polar surface area (TPSA) is 12.0 Å². The molecule has 264 valence electrons. The zero-order chi connectivity index (χ0) is 37.4. The van der Waals surface area contributed by atoms with Crippen molar-refractivity contribution in [2.24, 2.45) is 0 Å². The lowest BCUT2D eigenvalue weighted by molar-refractivity contribution is 1.45. The van der Waals surface area contributed by atoms with Gasteiger partial charge in [0.05, 0.1) is 5.69 Å². The van der Waals surface area contributed by atoms with Gasteiger partial charge in [-0.3, -0.25) is 0 Å². The van der Waals surface area contributed by atoms with E-state index in [-0.39, 0.29) is 0 Å². The molecule has 0 aromatic heterocycles. The third-order valence-corrected chi connectivity index (χ3v) is 11.2. The summed E-state index contributed by atoms with van der Waals surface area (Å²) < 4.78 is 0. The molecule has 1 nitrogen and oxygen atoms in total. The Hall–Kier alpha value is -7.22. The molecule has 0 aliphatic carbocycles. The minimum atomic E-state index is 1.05. The van der Waals surface area contributed by atoms with Crippen LogP contribution >= 0.6 is 0 Å². The first-order valence-corrected chi connectivity index (χ1v) is 19.3. The fourth-order valence-electron chi connectivity index (χ4n) is 8.48. The number of hydrogen-bond donors (Lipinski definition) is 1. The Morgan fingerprint density at radius 1 is 0.304 bits per heavy atom. The van der Waals surface area contributed by atoms with Gasteiger partial charge < -0.3 is 5.32 Å². The molecule has 0 unspecified atom stereocenters. The Morgan fingerprint density at radius 3 is 1.61 bits per heavy atom. The van der Waals surface area contributed by atoms with Gasteiger partial charge >= 0.3 is 0 Å². The normalized spacial score (nSPS) is 11.3. The number of hydrogen-bond acceptors (Lipinski definition) is 1. The van der Waals surface area contributed by atoms with Crippen LogP contribution in [-0.4, -0.2) is 0 Å². The minimum absolute atomic E-state index is 1.05. The van der Waals surface area contributed by atoms with Gasteiger partial charge in [-0.05, 0) is 108 Å². The molecule has 0 saturated carbocycles. The molecule has 0 saturated heterocycles. The highest BCUT2D eigenvalue weighted by Gasteiger charge is 2.18. The maximum atomic E-state index is 3.92. The molecule has 0 aliphatic rings. The van der Waals surface area contributed by atoms with E-state index in [1.54, 1.807) is 0 Å². The van der Waals surface area contributed by atoms with Crippen molar-refractivity contribution in [3.63, 3.8) is 0 Å². The zero-order valence-corrected chi connectivity index (χ0v) is 31.2. The number of nitrogens with one attached hydrogen (secondary N) is 1. The third-order valence-electron chi connectivity index (χ3n) is 11.2. The van der Waals surface area contributed by atoms with E-state index < -0.39 is 0 Å². The Balaban J connectivity index is 1.07. The minimum Gasteiger partial charge on any atom is -0.354 e. The Labute approximate surface area is 328 Å². The molecule has 0 amide bonds. The molecule has 10 aromatic carbocycles. The molecule has 10 aromatic rings. The van der Waals surface area contributed by atoms with Crippen molar-refractivity contribution in [1.82, 2.24) is 0 Å². The molecule has 56 heavy (non-hydrogen) atoms. The summed E-state index contributed by atoms with van der Waals surface area (Å²) in [6, 6.07) is 77.0. The van der Waals surface area contributed by atoms with Crippen molar-refractivity contribution in [3.05, 3.63) is 218 Å². The van der Waals surface area contributed by atoms with Gasteiger partial charge in [0.15, 0.2) is 0 Å². The molecule has 1 heteroatoms. The van der Waals surface area contributed by atoms with Gasteiger partial charge in [0.2, 0.25) is 0 Å². The maximum absolute atomic E-state index is 3.92. The molecule has 1 N–H and O–H groups in total. The van der Waals surface area contributed by atoms with Gasteiger partial charge in [0, 0.05) is 16.6 Å². The summed E-state index contributed by atoms with van der Waals surface area (Å²) in [5.41, 5.74) is 15.6. The van der Waals surface area contributed by atoms with Gasteiger partial charge in [0.1, 0.15) is 0 Å². The molecule has 10 rings (SSSR count). The molecule has 0 heterocycles. The molecular formula is C55H39N. The smallest absolute Gasteiger partial charge is 0.0550 e. The number of aryl methyl sites for hydroxylation is 1. The van der Waals surface area contributed by atoms with E-state index >= 15 is 0 Å². The lowest BCUT2D eigenvalue weighted by Crippen LogP contribution is -1.97. The molecule has 0 radical (unpaired) electrons. The SMILES string of the molecule is Cc1cccc(-c2ccccc2)c1-c1ccccc1-c1ccc(-c2c(Nc3ccc(-c4ccc5ccccc5c4)cc3)c3ccccc3c3ccccc23)cc1. The quantitative estimate of drug-likeness (QED) is 0.162. The number of fused-ring (bicyclic) bond motifs is 4. The van der Waals surface area contributed by atoms with Crippen LogP contribution < -0.4 is 5.32 Å². The van der Waals surface area contributed by atoms with E-state index in [2.05, 4.69) is 225 Å². The second-order valence-corrected chi connectivity index (χ2v) is 14.6. The highest BCUT2D eigenvalue weighted by molar-refractivity contribution is 6.21. The predicted molar refractivity (Wildman–Crippen MR) is 241 cm³/mol. The largest absolute Gasteiger partial charge is 0.354 e. The lowest BCUT2D eigenvalue weighted by atomic mass is 9.86. The van der Waals surface area contributed by atoms with Crippen molar-refractivity contribution in [3.8, 4) is 55.6 Å². The first-order chi connectivity index (χ1) is 27.7. The highest BCUT2D eigenvalue weighted by atomic mass is 14.9. The summed E-state index contributed by atoms with van der Waals surface area (Å²) in [5, 5.41) is 11.3. The Bertz CT molecular complexity index is 3030. The van der Waals surface area contributed by atoms with Crippen molar-refractivity contribution in [2.45, 2.75) is 6.92 Å². The van der Waals surface area contributed by atoms with Crippen molar-refractivity contribution in [1.29, 1.82) is 0 Å². The van der Waals surface area contributed by atoms with Crippen molar-refractivity contribution in [2.75, 3.05) is 5.32 Å². The zero-order valence-electron chi connectivity index (χ0n) is 31.2. The number of benzene rings is 10. The van der Waals surface area contributed by atoms with E-state index in [1.165, 1.54) is 93.5 Å². The average molecular weight is 714 g/mol. The summed E-state index contributed by atoms with van der Waals surface area (Å²) in [5.74, 6) is 0. The predicted octanol–water partition coefficient (Wildman–Crippen LogP) is 15.5. The van der Waals surface area contributed by atoms with E-state index in [0.717, 1.165) is 11.4 Å². The highest BCUT2D eigenvalue weighted by Crippen LogP contribution is 2.45. The van der Waals surface area contributed by atoms with Gasteiger partial charge in [-0.25, -0.2) is 0 Å². The van der Waals surface area contributed by atoms with Crippen LogP contribution in [0.3, 0.4) is 0 Å². The van der Waals surface area contributed by atoms with E-state index in [0.29, 0.717) is 0 Å². The van der Waals surface area contributed by atoms with Crippen LogP contribution in [0.1, 0.15) is 5.56 Å². The third kappa shape index (κ3) is 6.00. The summed E-state index contributed by atoms with van der Waals surface area (Å²) in [6.07, 6.45) is 0. The van der Waals surface area contributed by atoms with Gasteiger partial charge in [0.25, 0.3) is 0 Å². The fraction of sp³-hybridized carbons (Fsp3) is 0.0182. The standard InChI is InChI=1S/C55H39N/c1-37-14-13-25-47(40-16-3-2-4-17-40)53(37)50-22-10-7-19-46(50)41-27-29-42(30-28-41)54-51-23-11-8-20-48(51)49-21-9-12-24-52(49)55(54)56-45-34-32-39(33-35-45)44-31-26-38-15-5-6-18-43(38)36-44/h2-36,56H,1H3. The molecule has 0 bridgehead atoms. The first-order valence-electron chi connectivity index (χ1n) is 19.3.